The van der Waals surface area contributed by atoms with Gasteiger partial charge in [0.1, 0.15) is 4.90 Å². The fourth-order valence-corrected chi connectivity index (χ4v) is 2.89. The van der Waals surface area contributed by atoms with E-state index in [1.807, 2.05) is 0 Å². The Bertz CT molecular complexity index is 986. The molecule has 0 amide bonds. The van der Waals surface area contributed by atoms with E-state index in [2.05, 4.69) is 4.98 Å². The summed E-state index contributed by atoms with van der Waals surface area (Å²) in [7, 11) is -2.67. The summed E-state index contributed by atoms with van der Waals surface area (Å²) < 4.78 is 39.6. The number of hydrogen-bond donors (Lipinski definition) is 1. The number of rotatable bonds is 4. The van der Waals surface area contributed by atoms with Crippen LogP contribution in [-0.2, 0) is 10.1 Å². The Hall–Kier alpha value is -2.74. The summed E-state index contributed by atoms with van der Waals surface area (Å²) in [5, 5.41) is 0. The molecule has 7 nitrogen and oxygen atoms in total. The van der Waals surface area contributed by atoms with Crippen LogP contribution in [0.25, 0.3) is 11.1 Å². The highest BCUT2D eigenvalue weighted by Crippen LogP contribution is 2.29. The van der Waals surface area contributed by atoms with Gasteiger partial charge >= 0.3 is 15.9 Å². The highest BCUT2D eigenvalue weighted by molar-refractivity contribution is 7.87. The van der Waals surface area contributed by atoms with Gasteiger partial charge in [-0.2, -0.15) is 8.42 Å². The highest BCUT2D eigenvalue weighted by Gasteiger charge is 2.20. The zero-order chi connectivity index (χ0) is 15.7. The molecule has 0 aliphatic carbocycles. The Morgan fingerprint density at radius 1 is 1.09 bits per heavy atom. The first kappa shape index (κ1) is 14.2. The van der Waals surface area contributed by atoms with Crippen LogP contribution in [-0.4, -0.2) is 20.5 Å². The summed E-state index contributed by atoms with van der Waals surface area (Å²) in [5.74, 6) is -0.295. The molecule has 0 aliphatic rings. The second-order valence-corrected chi connectivity index (χ2v) is 5.91. The number of oxazole rings is 1. The van der Waals surface area contributed by atoms with Gasteiger partial charge in [-0.05, 0) is 24.3 Å². The molecule has 0 spiro atoms. The molecule has 8 heteroatoms. The third-order valence-corrected chi connectivity index (χ3v) is 4.18. The minimum absolute atomic E-state index is 0.0700. The van der Waals surface area contributed by atoms with E-state index in [1.54, 1.807) is 18.2 Å². The van der Waals surface area contributed by atoms with Gasteiger partial charge in [0.05, 0.1) is 12.6 Å². The van der Waals surface area contributed by atoms with Crippen molar-refractivity contribution in [1.29, 1.82) is 0 Å². The number of ether oxygens (including phenoxy) is 1. The first-order valence-electron chi connectivity index (χ1n) is 6.20. The third-order valence-electron chi connectivity index (χ3n) is 2.95. The van der Waals surface area contributed by atoms with Gasteiger partial charge in [0.15, 0.2) is 17.1 Å². The van der Waals surface area contributed by atoms with Crippen molar-refractivity contribution in [2.45, 2.75) is 4.90 Å². The van der Waals surface area contributed by atoms with Crippen LogP contribution in [0.2, 0.25) is 0 Å². The van der Waals surface area contributed by atoms with Crippen molar-refractivity contribution in [3.63, 3.8) is 0 Å². The van der Waals surface area contributed by atoms with Crippen LogP contribution >= 0.6 is 0 Å². The Kier molecular flexibility index (Phi) is 3.38. The highest BCUT2D eigenvalue weighted by atomic mass is 32.2. The number of methoxy groups -OCH3 is 1. The van der Waals surface area contributed by atoms with Crippen LogP contribution in [0, 0.1) is 0 Å². The number of fused-ring (bicyclic) bond motifs is 1. The Labute approximate surface area is 125 Å². The Balaban J connectivity index is 2.02. The second kappa shape index (κ2) is 5.23. The molecule has 0 saturated carbocycles. The Morgan fingerprint density at radius 2 is 1.82 bits per heavy atom. The van der Waals surface area contributed by atoms with Gasteiger partial charge in [0.25, 0.3) is 0 Å². The lowest BCUT2D eigenvalue weighted by molar-refractivity contribution is 0.390. The van der Waals surface area contributed by atoms with E-state index >= 15 is 0 Å². The molecule has 0 bridgehead atoms. The predicted octanol–water partition coefficient (Wildman–Crippen LogP) is 1.90. The van der Waals surface area contributed by atoms with Crippen LogP contribution in [0.1, 0.15) is 0 Å². The average Bonchev–Trinajstić information content (AvgIpc) is 2.86. The van der Waals surface area contributed by atoms with E-state index in [4.69, 9.17) is 13.3 Å². The first-order valence-corrected chi connectivity index (χ1v) is 7.61. The zero-order valence-corrected chi connectivity index (χ0v) is 12.2. The molecule has 0 aliphatic heterocycles. The van der Waals surface area contributed by atoms with E-state index < -0.39 is 15.9 Å². The maximum atomic E-state index is 12.3. The maximum Gasteiger partial charge on any atom is 0.417 e. The summed E-state index contributed by atoms with van der Waals surface area (Å²) >= 11 is 0. The van der Waals surface area contributed by atoms with Gasteiger partial charge in [-0.25, -0.2) is 4.79 Å². The van der Waals surface area contributed by atoms with Gasteiger partial charge in [-0.3, -0.25) is 4.98 Å². The zero-order valence-electron chi connectivity index (χ0n) is 11.4. The molecule has 1 heterocycles. The molecule has 0 atom stereocenters. The molecule has 0 fully saturated rings. The van der Waals surface area contributed by atoms with E-state index in [-0.39, 0.29) is 16.2 Å². The van der Waals surface area contributed by atoms with Gasteiger partial charge in [0.2, 0.25) is 0 Å². The molecule has 3 aromatic rings. The molecule has 0 radical (unpaired) electrons. The smallest absolute Gasteiger partial charge is 0.417 e. The molecular weight excluding hydrogens is 310 g/mol. The standard InChI is InChI=1S/C14H11NO6S/c1-19-11-4-2-3-5-12(11)21-22(17,18)9-6-7-10-13(8-9)20-14(16)15-10/h2-8H,1H3,(H,15,16). The largest absolute Gasteiger partial charge is 0.493 e. The minimum Gasteiger partial charge on any atom is -0.493 e. The maximum absolute atomic E-state index is 12.3. The summed E-state index contributed by atoms with van der Waals surface area (Å²) in [4.78, 5) is 13.4. The van der Waals surface area contributed by atoms with Gasteiger partial charge in [0, 0.05) is 6.07 Å². The number of para-hydroxylation sites is 2. The number of aromatic amines is 1. The van der Waals surface area contributed by atoms with Gasteiger partial charge in [-0.1, -0.05) is 12.1 Å². The molecular formula is C14H11NO6S. The van der Waals surface area contributed by atoms with Crippen molar-refractivity contribution in [2.75, 3.05) is 7.11 Å². The molecule has 114 valence electrons. The minimum atomic E-state index is -4.08. The predicted molar refractivity (Wildman–Crippen MR) is 77.6 cm³/mol. The van der Waals surface area contributed by atoms with Crippen LogP contribution < -0.4 is 14.7 Å². The van der Waals surface area contributed by atoms with Crippen molar-refractivity contribution in [2.24, 2.45) is 0 Å². The van der Waals surface area contributed by atoms with Crippen molar-refractivity contribution in [3.05, 3.63) is 53.0 Å². The van der Waals surface area contributed by atoms with E-state index in [9.17, 15) is 13.2 Å². The number of H-pyrrole nitrogens is 1. The molecule has 1 N–H and O–H groups in total. The lowest BCUT2D eigenvalue weighted by Gasteiger charge is -2.10. The van der Waals surface area contributed by atoms with Crippen molar-refractivity contribution in [1.82, 2.24) is 4.98 Å². The first-order chi connectivity index (χ1) is 10.5. The summed E-state index contributed by atoms with van der Waals surface area (Å²) in [5.41, 5.74) is 0.538. The molecule has 2 aromatic carbocycles. The third kappa shape index (κ3) is 2.56. The van der Waals surface area contributed by atoms with E-state index in [0.717, 1.165) is 0 Å². The van der Waals surface area contributed by atoms with Crippen LogP contribution in [0.5, 0.6) is 11.5 Å². The number of nitrogens with one attached hydrogen (secondary N) is 1. The summed E-state index contributed by atoms with van der Waals surface area (Å²) in [6, 6.07) is 10.3. The average molecular weight is 321 g/mol. The molecule has 22 heavy (non-hydrogen) atoms. The monoisotopic (exact) mass is 321 g/mol. The molecule has 3 rings (SSSR count). The molecule has 0 unspecified atom stereocenters. The summed E-state index contributed by atoms with van der Waals surface area (Å²) in [6.45, 7) is 0. The fourth-order valence-electron chi connectivity index (χ4n) is 1.94. The number of benzene rings is 2. The summed E-state index contributed by atoms with van der Waals surface area (Å²) in [6.07, 6.45) is 0. The van der Waals surface area contributed by atoms with E-state index in [1.165, 1.54) is 31.4 Å². The number of aromatic nitrogens is 1. The fraction of sp³-hybridized carbons (Fsp3) is 0.0714. The van der Waals surface area contributed by atoms with Crippen molar-refractivity contribution < 1.29 is 21.8 Å². The van der Waals surface area contributed by atoms with Crippen LogP contribution in [0.15, 0.2) is 56.6 Å². The lowest BCUT2D eigenvalue weighted by atomic mass is 10.3. The van der Waals surface area contributed by atoms with Crippen LogP contribution in [0.3, 0.4) is 0 Å². The van der Waals surface area contributed by atoms with Gasteiger partial charge < -0.3 is 13.3 Å². The van der Waals surface area contributed by atoms with E-state index in [0.29, 0.717) is 11.3 Å². The van der Waals surface area contributed by atoms with Crippen molar-refractivity contribution >= 4 is 21.2 Å². The lowest BCUT2D eigenvalue weighted by Crippen LogP contribution is -2.10. The Morgan fingerprint density at radius 3 is 2.55 bits per heavy atom. The molecule has 1 aromatic heterocycles. The van der Waals surface area contributed by atoms with Gasteiger partial charge in [-0.15, -0.1) is 0 Å². The van der Waals surface area contributed by atoms with Crippen molar-refractivity contribution in [3.8, 4) is 11.5 Å². The number of hydrogen-bond acceptors (Lipinski definition) is 6. The van der Waals surface area contributed by atoms with Crippen LogP contribution in [0.4, 0.5) is 0 Å². The quantitative estimate of drug-likeness (QED) is 0.737. The normalized spacial score (nSPS) is 11.5. The second-order valence-electron chi connectivity index (χ2n) is 4.36. The SMILES string of the molecule is COc1ccccc1OS(=O)(=O)c1ccc2[nH]c(=O)oc2c1. The molecule has 0 saturated heterocycles. The topological polar surface area (TPSA) is 98.6 Å².